The third-order valence-corrected chi connectivity index (χ3v) is 5.55. The number of benzene rings is 2. The smallest absolute Gasteiger partial charge is 0.255 e. The van der Waals surface area contributed by atoms with Crippen molar-refractivity contribution in [1.82, 2.24) is 14.8 Å². The van der Waals surface area contributed by atoms with Gasteiger partial charge in [-0.2, -0.15) is 0 Å². The number of carbonyl (C=O) groups is 3. The Labute approximate surface area is 168 Å². The molecule has 0 saturated heterocycles. The minimum absolute atomic E-state index is 0.159. The van der Waals surface area contributed by atoms with Crippen LogP contribution in [0.1, 0.15) is 33.2 Å². The van der Waals surface area contributed by atoms with Gasteiger partial charge in [-0.1, -0.05) is 36.4 Å². The third kappa shape index (κ3) is 3.04. The van der Waals surface area contributed by atoms with E-state index in [1.165, 1.54) is 0 Å². The molecule has 7 heteroatoms. The van der Waals surface area contributed by atoms with Crippen LogP contribution in [0.4, 0.5) is 0 Å². The number of fused-ring (bicyclic) bond motifs is 2. The summed E-state index contributed by atoms with van der Waals surface area (Å²) in [6, 6.07) is 15.1. The molecule has 0 bridgehead atoms. The van der Waals surface area contributed by atoms with Gasteiger partial charge in [0.1, 0.15) is 6.54 Å². The molecule has 0 spiro atoms. The van der Waals surface area contributed by atoms with Crippen molar-refractivity contribution >= 4 is 28.6 Å². The fourth-order valence-corrected chi connectivity index (χ4v) is 4.14. The highest BCUT2D eigenvalue weighted by molar-refractivity contribution is 6.03. The van der Waals surface area contributed by atoms with Crippen molar-refractivity contribution in [2.45, 2.75) is 13.0 Å². The summed E-state index contributed by atoms with van der Waals surface area (Å²) >= 11 is 0. The first-order chi connectivity index (χ1) is 13.9. The molecule has 0 radical (unpaired) electrons. The predicted molar refractivity (Wildman–Crippen MR) is 109 cm³/mol. The lowest BCUT2D eigenvalue weighted by atomic mass is 9.95. The highest BCUT2D eigenvalue weighted by Crippen LogP contribution is 2.43. The van der Waals surface area contributed by atoms with Gasteiger partial charge in [0, 0.05) is 34.8 Å². The Balaban J connectivity index is 1.83. The van der Waals surface area contributed by atoms with Crippen LogP contribution in [-0.4, -0.2) is 40.3 Å². The molecule has 1 aliphatic rings. The molecule has 148 valence electrons. The van der Waals surface area contributed by atoms with Gasteiger partial charge in [0.2, 0.25) is 11.8 Å². The summed E-state index contributed by atoms with van der Waals surface area (Å²) in [7, 11) is 1.99. The number of carbonyl (C=O) groups excluding carboxylic acids is 3. The zero-order valence-electron chi connectivity index (χ0n) is 16.3. The first-order valence-corrected chi connectivity index (χ1v) is 9.39. The van der Waals surface area contributed by atoms with E-state index in [1.807, 2.05) is 56.4 Å². The number of rotatable bonds is 5. The summed E-state index contributed by atoms with van der Waals surface area (Å²) in [4.78, 5) is 38.1. The van der Waals surface area contributed by atoms with Crippen molar-refractivity contribution in [2.24, 2.45) is 12.8 Å². The van der Waals surface area contributed by atoms with Gasteiger partial charge in [-0.25, -0.2) is 0 Å². The van der Waals surface area contributed by atoms with Crippen LogP contribution in [0.2, 0.25) is 0 Å². The van der Waals surface area contributed by atoms with Crippen LogP contribution in [-0.2, 0) is 16.6 Å². The van der Waals surface area contributed by atoms with Gasteiger partial charge < -0.3 is 20.5 Å². The average molecular weight is 390 g/mol. The standard InChI is InChI=1S/C22H22N4O3/c1-13-20(16-9-5-6-10-17(16)25(13)2)21-14-7-3-4-8-15(14)22(29)26(21)12-19(28)24-11-18(23)27/h3-10,21H,11-12H2,1-2H3,(H2,23,27)(H,24,28). The Morgan fingerprint density at radius 2 is 1.79 bits per heavy atom. The summed E-state index contributed by atoms with van der Waals surface area (Å²) in [5, 5.41) is 3.52. The first kappa shape index (κ1) is 18.7. The average Bonchev–Trinajstić information content (AvgIpc) is 3.12. The van der Waals surface area contributed by atoms with Crippen LogP contribution in [0.15, 0.2) is 48.5 Å². The molecular weight excluding hydrogens is 368 g/mol. The summed E-state index contributed by atoms with van der Waals surface area (Å²) in [6.45, 7) is 1.60. The van der Waals surface area contributed by atoms with Gasteiger partial charge in [-0.15, -0.1) is 0 Å². The van der Waals surface area contributed by atoms with Crippen molar-refractivity contribution < 1.29 is 14.4 Å². The van der Waals surface area contributed by atoms with Gasteiger partial charge in [-0.3, -0.25) is 14.4 Å². The molecule has 7 nitrogen and oxygen atoms in total. The number of nitrogens with zero attached hydrogens (tertiary/aromatic N) is 2. The molecule has 4 rings (SSSR count). The highest BCUT2D eigenvalue weighted by Gasteiger charge is 2.40. The minimum atomic E-state index is -0.629. The van der Waals surface area contributed by atoms with Gasteiger partial charge in [0.25, 0.3) is 5.91 Å². The summed E-state index contributed by atoms with van der Waals surface area (Å²) in [5.41, 5.74) is 9.68. The SMILES string of the molecule is Cc1c(C2c3ccccc3C(=O)N2CC(=O)NCC(N)=O)c2ccccc2n1C. The number of amides is 3. The number of aryl methyl sites for hydroxylation is 1. The van der Waals surface area contributed by atoms with Crippen LogP contribution < -0.4 is 11.1 Å². The monoisotopic (exact) mass is 390 g/mol. The van der Waals surface area contributed by atoms with Gasteiger partial charge >= 0.3 is 0 Å². The summed E-state index contributed by atoms with van der Waals surface area (Å²) in [6.07, 6.45) is 0. The number of hydrogen-bond acceptors (Lipinski definition) is 3. The Kier molecular flexibility index (Phi) is 4.58. The number of hydrogen-bond donors (Lipinski definition) is 2. The van der Waals surface area contributed by atoms with Crippen molar-refractivity contribution in [2.75, 3.05) is 13.1 Å². The number of para-hydroxylation sites is 1. The van der Waals surface area contributed by atoms with Crippen molar-refractivity contribution in [1.29, 1.82) is 0 Å². The van der Waals surface area contributed by atoms with Crippen molar-refractivity contribution in [3.05, 3.63) is 70.9 Å². The molecule has 1 aliphatic heterocycles. The number of nitrogens with one attached hydrogen (secondary N) is 1. The molecule has 1 unspecified atom stereocenters. The van der Waals surface area contributed by atoms with E-state index < -0.39 is 11.8 Å². The number of primary amides is 1. The zero-order valence-corrected chi connectivity index (χ0v) is 16.3. The Morgan fingerprint density at radius 3 is 2.55 bits per heavy atom. The van der Waals surface area contributed by atoms with E-state index in [0.29, 0.717) is 5.56 Å². The van der Waals surface area contributed by atoms with Crippen LogP contribution in [0.3, 0.4) is 0 Å². The van der Waals surface area contributed by atoms with E-state index in [-0.39, 0.29) is 25.0 Å². The molecule has 2 aromatic carbocycles. The molecule has 0 saturated carbocycles. The lowest BCUT2D eigenvalue weighted by Gasteiger charge is -2.26. The molecule has 29 heavy (non-hydrogen) atoms. The van der Waals surface area contributed by atoms with Gasteiger partial charge in [0.15, 0.2) is 0 Å². The van der Waals surface area contributed by atoms with E-state index in [4.69, 9.17) is 5.73 Å². The predicted octanol–water partition coefficient (Wildman–Crippen LogP) is 1.63. The molecule has 1 aromatic heterocycles. The molecule has 1 atom stereocenters. The maximum Gasteiger partial charge on any atom is 0.255 e. The molecule has 3 aromatic rings. The fourth-order valence-electron chi connectivity index (χ4n) is 4.14. The number of aromatic nitrogens is 1. The largest absolute Gasteiger partial charge is 0.368 e. The van der Waals surface area contributed by atoms with Crippen molar-refractivity contribution in [3.8, 4) is 0 Å². The van der Waals surface area contributed by atoms with E-state index >= 15 is 0 Å². The second-order valence-electron chi connectivity index (χ2n) is 7.24. The maximum atomic E-state index is 13.2. The van der Waals surface area contributed by atoms with Crippen LogP contribution in [0.25, 0.3) is 10.9 Å². The molecule has 3 amide bonds. The highest BCUT2D eigenvalue weighted by atomic mass is 16.2. The zero-order chi connectivity index (χ0) is 20.7. The Bertz CT molecular complexity index is 1150. The van der Waals surface area contributed by atoms with Crippen LogP contribution in [0, 0.1) is 6.92 Å². The second kappa shape index (κ2) is 7.09. The van der Waals surface area contributed by atoms with Gasteiger partial charge in [-0.05, 0) is 24.6 Å². The maximum absolute atomic E-state index is 13.2. The topological polar surface area (TPSA) is 97.4 Å². The Hall–Kier alpha value is -3.61. The first-order valence-electron chi connectivity index (χ1n) is 9.39. The normalized spacial score (nSPS) is 15.6. The second-order valence-corrected chi connectivity index (χ2v) is 7.24. The fraction of sp³-hybridized carbons (Fsp3) is 0.227. The quantitative estimate of drug-likeness (QED) is 0.693. The summed E-state index contributed by atoms with van der Waals surface area (Å²) in [5.74, 6) is -1.25. The van der Waals surface area contributed by atoms with E-state index in [1.54, 1.807) is 11.0 Å². The summed E-state index contributed by atoms with van der Waals surface area (Å²) < 4.78 is 2.10. The lowest BCUT2D eigenvalue weighted by molar-refractivity contribution is -0.125. The van der Waals surface area contributed by atoms with Crippen molar-refractivity contribution in [3.63, 3.8) is 0 Å². The lowest BCUT2D eigenvalue weighted by Crippen LogP contribution is -2.42. The Morgan fingerprint density at radius 1 is 1.10 bits per heavy atom. The van der Waals surface area contributed by atoms with E-state index in [9.17, 15) is 14.4 Å². The van der Waals surface area contributed by atoms with Crippen LogP contribution in [0.5, 0.6) is 0 Å². The molecule has 0 aliphatic carbocycles. The van der Waals surface area contributed by atoms with Crippen LogP contribution >= 0.6 is 0 Å². The van der Waals surface area contributed by atoms with Gasteiger partial charge in [0.05, 0.1) is 12.6 Å². The molecular formula is C22H22N4O3. The van der Waals surface area contributed by atoms with E-state index in [0.717, 1.165) is 27.7 Å². The van der Waals surface area contributed by atoms with E-state index in [2.05, 4.69) is 9.88 Å². The third-order valence-electron chi connectivity index (χ3n) is 5.55. The minimum Gasteiger partial charge on any atom is -0.368 e. The molecule has 2 heterocycles. The number of nitrogens with two attached hydrogens (primary N) is 1. The molecule has 3 N–H and O–H groups in total. The molecule has 0 fully saturated rings.